The summed E-state index contributed by atoms with van der Waals surface area (Å²) >= 11 is 0. The maximum Gasteiger partial charge on any atom is 0.321 e. The van der Waals surface area contributed by atoms with Crippen LogP contribution in [0.4, 0.5) is 10.5 Å². The minimum atomic E-state index is 0.0357. The van der Waals surface area contributed by atoms with E-state index in [0.29, 0.717) is 5.92 Å². The fraction of sp³-hybridized carbons (Fsp3) is 0.562. The molecule has 1 fully saturated rings. The second kappa shape index (κ2) is 5.64. The molecule has 0 aromatic heterocycles. The van der Waals surface area contributed by atoms with Crippen LogP contribution in [0.3, 0.4) is 0 Å². The number of rotatable bonds is 2. The van der Waals surface area contributed by atoms with Gasteiger partial charge in [-0.3, -0.25) is 0 Å². The first-order valence-electron chi connectivity index (χ1n) is 7.16. The molecular formula is C16H24N2O. The number of urea groups is 1. The summed E-state index contributed by atoms with van der Waals surface area (Å²) in [4.78, 5) is 14.0. The predicted molar refractivity (Wildman–Crippen MR) is 79.8 cm³/mol. The van der Waals surface area contributed by atoms with Crippen LogP contribution in [-0.2, 0) is 0 Å². The first-order chi connectivity index (χ1) is 8.99. The number of hydrogen-bond donors (Lipinski definition) is 1. The van der Waals surface area contributed by atoms with Crippen LogP contribution in [0.5, 0.6) is 0 Å². The number of benzene rings is 1. The molecule has 0 radical (unpaired) electrons. The number of carbonyl (C=O) groups excluding carboxylic acids is 1. The van der Waals surface area contributed by atoms with Gasteiger partial charge in [0.25, 0.3) is 0 Å². The highest BCUT2D eigenvalue weighted by atomic mass is 16.2. The topological polar surface area (TPSA) is 32.3 Å². The zero-order chi connectivity index (χ0) is 14.0. The van der Waals surface area contributed by atoms with Crippen molar-refractivity contribution in [1.82, 2.24) is 4.90 Å². The van der Waals surface area contributed by atoms with E-state index in [1.54, 1.807) is 0 Å². The van der Waals surface area contributed by atoms with Gasteiger partial charge in [0.2, 0.25) is 0 Å². The Morgan fingerprint density at radius 2 is 1.68 bits per heavy atom. The zero-order valence-electron chi connectivity index (χ0n) is 12.4. The van der Waals surface area contributed by atoms with Crippen LogP contribution >= 0.6 is 0 Å². The largest absolute Gasteiger partial charge is 0.325 e. The Morgan fingerprint density at radius 3 is 2.16 bits per heavy atom. The van der Waals surface area contributed by atoms with Gasteiger partial charge < -0.3 is 10.2 Å². The summed E-state index contributed by atoms with van der Waals surface area (Å²) in [5, 5.41) is 3.02. The first kappa shape index (κ1) is 13.9. The van der Waals surface area contributed by atoms with Crippen LogP contribution in [-0.4, -0.2) is 24.0 Å². The van der Waals surface area contributed by atoms with E-state index in [1.807, 2.05) is 4.90 Å². The third-order valence-corrected chi connectivity index (χ3v) is 3.82. The smallest absolute Gasteiger partial charge is 0.321 e. The Bertz CT molecular complexity index is 451. The molecule has 1 aromatic rings. The van der Waals surface area contributed by atoms with Gasteiger partial charge in [-0.25, -0.2) is 4.79 Å². The highest BCUT2D eigenvalue weighted by molar-refractivity contribution is 5.89. The molecule has 1 saturated heterocycles. The molecule has 0 atom stereocenters. The molecule has 104 valence electrons. The van der Waals surface area contributed by atoms with Crippen LogP contribution < -0.4 is 5.32 Å². The van der Waals surface area contributed by atoms with Gasteiger partial charge in [-0.15, -0.1) is 0 Å². The predicted octanol–water partition coefficient (Wildman–Crippen LogP) is 4.05. The highest BCUT2D eigenvalue weighted by Crippen LogP contribution is 2.27. The summed E-state index contributed by atoms with van der Waals surface area (Å²) in [6, 6.07) is 4.20. The Morgan fingerprint density at radius 1 is 1.16 bits per heavy atom. The summed E-state index contributed by atoms with van der Waals surface area (Å²) in [5.41, 5.74) is 4.81. The van der Waals surface area contributed by atoms with Gasteiger partial charge in [0.1, 0.15) is 0 Å². The maximum absolute atomic E-state index is 12.1. The highest BCUT2D eigenvalue weighted by Gasteiger charge is 2.18. The van der Waals surface area contributed by atoms with E-state index >= 15 is 0 Å². The molecule has 3 heteroatoms. The summed E-state index contributed by atoms with van der Waals surface area (Å²) in [5.74, 6) is 0.517. The van der Waals surface area contributed by atoms with Gasteiger partial charge in [-0.05, 0) is 61.4 Å². The Balaban J connectivity index is 2.15. The lowest BCUT2D eigenvalue weighted by Gasteiger charge is -2.19. The SMILES string of the molecule is Cc1cc(NC(=O)N2CCCC2)cc(C)c1C(C)C. The van der Waals surface area contributed by atoms with E-state index in [1.165, 1.54) is 16.7 Å². The summed E-state index contributed by atoms with van der Waals surface area (Å²) in [6.45, 7) is 10.4. The molecule has 0 saturated carbocycles. The molecule has 0 bridgehead atoms. The molecule has 1 N–H and O–H groups in total. The van der Waals surface area contributed by atoms with Gasteiger partial charge in [-0.1, -0.05) is 13.8 Å². The molecular weight excluding hydrogens is 236 g/mol. The number of carbonyl (C=O) groups is 1. The van der Waals surface area contributed by atoms with Gasteiger partial charge in [-0.2, -0.15) is 0 Å². The summed E-state index contributed by atoms with van der Waals surface area (Å²) in [6.07, 6.45) is 2.25. The zero-order valence-corrected chi connectivity index (χ0v) is 12.4. The number of amides is 2. The molecule has 3 nitrogen and oxygen atoms in total. The molecule has 0 unspecified atom stereocenters. The Hall–Kier alpha value is -1.51. The number of anilines is 1. The normalized spacial score (nSPS) is 15.1. The second-order valence-electron chi connectivity index (χ2n) is 5.80. The van der Waals surface area contributed by atoms with Crippen molar-refractivity contribution in [3.63, 3.8) is 0 Å². The van der Waals surface area contributed by atoms with E-state index in [9.17, 15) is 4.79 Å². The minimum Gasteiger partial charge on any atom is -0.325 e. The molecule has 0 spiro atoms. The van der Waals surface area contributed by atoms with Crippen molar-refractivity contribution in [3.05, 3.63) is 28.8 Å². The first-order valence-corrected chi connectivity index (χ1v) is 7.16. The van der Waals surface area contributed by atoms with Gasteiger partial charge in [0, 0.05) is 18.8 Å². The molecule has 1 heterocycles. The maximum atomic E-state index is 12.1. The number of aryl methyl sites for hydroxylation is 2. The third kappa shape index (κ3) is 3.09. The lowest BCUT2D eigenvalue weighted by Crippen LogP contribution is -2.32. The van der Waals surface area contributed by atoms with Crippen molar-refractivity contribution < 1.29 is 4.79 Å². The average Bonchev–Trinajstić information content (AvgIpc) is 2.80. The molecule has 2 rings (SSSR count). The number of likely N-dealkylation sites (tertiary alicyclic amines) is 1. The fourth-order valence-electron chi connectivity index (χ4n) is 3.08. The molecule has 1 aliphatic rings. The lowest BCUT2D eigenvalue weighted by molar-refractivity contribution is 0.222. The van der Waals surface area contributed by atoms with Crippen LogP contribution in [0.1, 0.15) is 49.3 Å². The molecule has 2 amide bonds. The van der Waals surface area contributed by atoms with Crippen molar-refractivity contribution in [2.24, 2.45) is 0 Å². The molecule has 1 aromatic carbocycles. The number of hydrogen-bond acceptors (Lipinski definition) is 1. The van der Waals surface area contributed by atoms with E-state index in [4.69, 9.17) is 0 Å². The van der Waals surface area contributed by atoms with Crippen molar-refractivity contribution in [1.29, 1.82) is 0 Å². The molecule has 19 heavy (non-hydrogen) atoms. The summed E-state index contributed by atoms with van der Waals surface area (Å²) in [7, 11) is 0. The minimum absolute atomic E-state index is 0.0357. The number of nitrogens with zero attached hydrogens (tertiary/aromatic N) is 1. The number of nitrogens with one attached hydrogen (secondary N) is 1. The Kier molecular flexibility index (Phi) is 4.13. The quantitative estimate of drug-likeness (QED) is 0.854. The van der Waals surface area contributed by atoms with Crippen molar-refractivity contribution in [2.45, 2.75) is 46.5 Å². The van der Waals surface area contributed by atoms with E-state index in [2.05, 4.69) is 45.1 Å². The molecule has 1 aliphatic heterocycles. The average molecular weight is 260 g/mol. The third-order valence-electron chi connectivity index (χ3n) is 3.82. The molecule has 0 aliphatic carbocycles. The van der Waals surface area contributed by atoms with Crippen LogP contribution in [0.2, 0.25) is 0 Å². The second-order valence-corrected chi connectivity index (χ2v) is 5.80. The Labute approximate surface area is 116 Å². The van der Waals surface area contributed by atoms with Gasteiger partial charge >= 0.3 is 6.03 Å². The van der Waals surface area contributed by atoms with Gasteiger partial charge in [0.15, 0.2) is 0 Å². The van der Waals surface area contributed by atoms with E-state index < -0.39 is 0 Å². The fourth-order valence-corrected chi connectivity index (χ4v) is 3.08. The summed E-state index contributed by atoms with van der Waals surface area (Å²) < 4.78 is 0. The monoisotopic (exact) mass is 260 g/mol. The van der Waals surface area contributed by atoms with E-state index in [-0.39, 0.29) is 6.03 Å². The standard InChI is InChI=1S/C16H24N2O/c1-11(2)15-12(3)9-14(10-13(15)4)17-16(19)18-7-5-6-8-18/h9-11H,5-8H2,1-4H3,(H,17,19). The van der Waals surface area contributed by atoms with Crippen molar-refractivity contribution in [3.8, 4) is 0 Å². The van der Waals surface area contributed by atoms with Crippen molar-refractivity contribution in [2.75, 3.05) is 18.4 Å². The van der Waals surface area contributed by atoms with Crippen LogP contribution in [0, 0.1) is 13.8 Å². The van der Waals surface area contributed by atoms with Crippen molar-refractivity contribution >= 4 is 11.7 Å². The van der Waals surface area contributed by atoms with E-state index in [0.717, 1.165) is 31.6 Å². The van der Waals surface area contributed by atoms with Crippen LogP contribution in [0.15, 0.2) is 12.1 Å². The lowest BCUT2D eigenvalue weighted by atomic mass is 9.93. The van der Waals surface area contributed by atoms with Gasteiger partial charge in [0.05, 0.1) is 0 Å². The van der Waals surface area contributed by atoms with Crippen LogP contribution in [0.25, 0.3) is 0 Å².